The molecule has 2 nitrogen and oxygen atoms in total. The summed E-state index contributed by atoms with van der Waals surface area (Å²) in [7, 11) is 1.70. The first-order valence-electron chi connectivity index (χ1n) is 6.83. The highest BCUT2D eigenvalue weighted by Crippen LogP contribution is 2.25. The standard InChI is InChI=1S/C16H20INOS/c1-3-8-18-15(13-10-16(17)20-11-13)9-12-4-6-14(19-2)7-5-12/h4-7,10-11,15,18H,3,8-9H2,1-2H3. The highest BCUT2D eigenvalue weighted by atomic mass is 127. The summed E-state index contributed by atoms with van der Waals surface area (Å²) in [6.07, 6.45) is 2.16. The largest absolute Gasteiger partial charge is 0.497 e. The molecular weight excluding hydrogens is 381 g/mol. The maximum atomic E-state index is 5.21. The van der Waals surface area contributed by atoms with Crippen molar-refractivity contribution in [1.82, 2.24) is 5.32 Å². The van der Waals surface area contributed by atoms with Gasteiger partial charge in [0, 0.05) is 6.04 Å². The quantitative estimate of drug-likeness (QED) is 0.683. The first-order valence-corrected chi connectivity index (χ1v) is 8.79. The second-order valence-electron chi connectivity index (χ2n) is 4.74. The molecule has 4 heteroatoms. The van der Waals surface area contributed by atoms with Crippen LogP contribution in [-0.4, -0.2) is 13.7 Å². The lowest BCUT2D eigenvalue weighted by Gasteiger charge is -2.18. The molecular formula is C16H20INOS. The lowest BCUT2D eigenvalue weighted by Crippen LogP contribution is -2.23. The molecule has 0 bridgehead atoms. The Bertz CT molecular complexity index is 524. The molecule has 1 aromatic heterocycles. The summed E-state index contributed by atoms with van der Waals surface area (Å²) in [6.45, 7) is 3.25. The molecule has 0 radical (unpaired) electrons. The van der Waals surface area contributed by atoms with Crippen LogP contribution in [0.4, 0.5) is 0 Å². The molecule has 1 unspecified atom stereocenters. The summed E-state index contributed by atoms with van der Waals surface area (Å²) in [6, 6.07) is 11.0. The van der Waals surface area contributed by atoms with Crippen molar-refractivity contribution in [2.75, 3.05) is 13.7 Å². The summed E-state index contributed by atoms with van der Waals surface area (Å²) in [4.78, 5) is 0. The van der Waals surface area contributed by atoms with Crippen molar-refractivity contribution in [3.63, 3.8) is 0 Å². The van der Waals surface area contributed by atoms with E-state index in [9.17, 15) is 0 Å². The molecule has 1 atom stereocenters. The van der Waals surface area contributed by atoms with Gasteiger partial charge in [-0.15, -0.1) is 11.3 Å². The molecule has 1 aromatic carbocycles. The fraction of sp³-hybridized carbons (Fsp3) is 0.375. The van der Waals surface area contributed by atoms with Crippen LogP contribution in [-0.2, 0) is 6.42 Å². The van der Waals surface area contributed by atoms with E-state index >= 15 is 0 Å². The summed E-state index contributed by atoms with van der Waals surface area (Å²) >= 11 is 4.20. The highest BCUT2D eigenvalue weighted by Gasteiger charge is 2.13. The highest BCUT2D eigenvalue weighted by molar-refractivity contribution is 14.1. The van der Waals surface area contributed by atoms with Crippen molar-refractivity contribution in [2.24, 2.45) is 0 Å². The number of halogens is 1. The Morgan fingerprint density at radius 2 is 2.05 bits per heavy atom. The van der Waals surface area contributed by atoms with Gasteiger partial charge in [0.1, 0.15) is 5.75 Å². The van der Waals surface area contributed by atoms with Crippen molar-refractivity contribution >= 4 is 33.9 Å². The first-order chi connectivity index (χ1) is 9.72. The van der Waals surface area contributed by atoms with Crippen LogP contribution in [0.3, 0.4) is 0 Å². The number of hydrogen-bond acceptors (Lipinski definition) is 3. The number of nitrogens with one attached hydrogen (secondary N) is 1. The maximum absolute atomic E-state index is 5.21. The van der Waals surface area contributed by atoms with E-state index in [-0.39, 0.29) is 0 Å². The van der Waals surface area contributed by atoms with E-state index in [1.165, 1.54) is 14.0 Å². The van der Waals surface area contributed by atoms with Gasteiger partial charge in [-0.25, -0.2) is 0 Å². The molecule has 108 valence electrons. The van der Waals surface area contributed by atoms with Gasteiger partial charge >= 0.3 is 0 Å². The molecule has 0 fully saturated rings. The minimum Gasteiger partial charge on any atom is -0.497 e. The van der Waals surface area contributed by atoms with E-state index < -0.39 is 0 Å². The number of rotatable bonds is 7. The average molecular weight is 401 g/mol. The fourth-order valence-corrected chi connectivity index (χ4v) is 3.56. The van der Waals surface area contributed by atoms with Crippen LogP contribution < -0.4 is 10.1 Å². The van der Waals surface area contributed by atoms with Crippen LogP contribution in [0.2, 0.25) is 0 Å². The molecule has 20 heavy (non-hydrogen) atoms. The van der Waals surface area contributed by atoms with Crippen LogP contribution >= 0.6 is 33.9 Å². The predicted octanol–water partition coefficient (Wildman–Crippen LogP) is 4.64. The van der Waals surface area contributed by atoms with Gasteiger partial charge in [-0.3, -0.25) is 0 Å². The van der Waals surface area contributed by atoms with E-state index in [0.29, 0.717) is 6.04 Å². The first kappa shape index (κ1) is 15.8. The topological polar surface area (TPSA) is 21.3 Å². The van der Waals surface area contributed by atoms with Crippen molar-refractivity contribution in [1.29, 1.82) is 0 Å². The van der Waals surface area contributed by atoms with Gasteiger partial charge < -0.3 is 10.1 Å². The summed E-state index contributed by atoms with van der Waals surface area (Å²) in [5.41, 5.74) is 2.73. The fourth-order valence-electron chi connectivity index (χ4n) is 2.13. The third kappa shape index (κ3) is 4.46. The monoisotopic (exact) mass is 401 g/mol. The van der Waals surface area contributed by atoms with Gasteiger partial charge in [0.25, 0.3) is 0 Å². The second kappa shape index (κ2) is 8.00. The third-order valence-electron chi connectivity index (χ3n) is 3.23. The summed E-state index contributed by atoms with van der Waals surface area (Å²) in [5.74, 6) is 0.914. The normalized spacial score (nSPS) is 12.3. The average Bonchev–Trinajstić information content (AvgIpc) is 2.90. The van der Waals surface area contributed by atoms with Crippen molar-refractivity contribution < 1.29 is 4.74 Å². The molecule has 2 rings (SSSR count). The van der Waals surface area contributed by atoms with Crippen molar-refractivity contribution in [3.8, 4) is 5.75 Å². The molecule has 2 aromatic rings. The molecule has 0 spiro atoms. The number of methoxy groups -OCH3 is 1. The van der Waals surface area contributed by atoms with Crippen LogP contribution in [0, 0.1) is 2.88 Å². The van der Waals surface area contributed by atoms with Gasteiger partial charge in [0.05, 0.1) is 9.99 Å². The lowest BCUT2D eigenvalue weighted by molar-refractivity contribution is 0.414. The minimum atomic E-state index is 0.392. The molecule has 0 amide bonds. The minimum absolute atomic E-state index is 0.392. The smallest absolute Gasteiger partial charge is 0.118 e. The third-order valence-corrected chi connectivity index (χ3v) is 5.04. The van der Waals surface area contributed by atoms with Gasteiger partial charge in [0.2, 0.25) is 0 Å². The van der Waals surface area contributed by atoms with Crippen LogP contribution in [0.5, 0.6) is 5.75 Å². The molecule has 0 aliphatic rings. The molecule has 0 saturated heterocycles. The zero-order valence-electron chi connectivity index (χ0n) is 11.9. The number of benzene rings is 1. The molecule has 1 N–H and O–H groups in total. The van der Waals surface area contributed by atoms with Crippen molar-refractivity contribution in [3.05, 3.63) is 49.7 Å². The molecule has 0 saturated carbocycles. The zero-order valence-corrected chi connectivity index (χ0v) is 14.8. The summed E-state index contributed by atoms with van der Waals surface area (Å²) in [5, 5.41) is 5.91. The Morgan fingerprint density at radius 1 is 1.30 bits per heavy atom. The number of ether oxygens (including phenoxy) is 1. The van der Waals surface area contributed by atoms with E-state index in [1.54, 1.807) is 7.11 Å². The van der Waals surface area contributed by atoms with Gasteiger partial charge in [-0.2, -0.15) is 0 Å². The Morgan fingerprint density at radius 3 is 2.60 bits per heavy atom. The lowest BCUT2D eigenvalue weighted by atomic mass is 10.0. The zero-order chi connectivity index (χ0) is 14.4. The van der Waals surface area contributed by atoms with E-state index in [0.717, 1.165) is 25.1 Å². The van der Waals surface area contributed by atoms with Crippen molar-refractivity contribution in [2.45, 2.75) is 25.8 Å². The predicted molar refractivity (Wildman–Crippen MR) is 94.8 cm³/mol. The van der Waals surface area contributed by atoms with Gasteiger partial charge in [-0.05, 0) is 76.7 Å². The Kier molecular flexibility index (Phi) is 6.32. The molecule has 0 aliphatic heterocycles. The Labute approximate surface area is 138 Å². The van der Waals surface area contributed by atoms with E-state index in [1.807, 2.05) is 23.5 Å². The second-order valence-corrected chi connectivity index (χ2v) is 7.55. The summed E-state index contributed by atoms with van der Waals surface area (Å²) < 4.78 is 6.56. The van der Waals surface area contributed by atoms with Gasteiger partial charge in [-0.1, -0.05) is 19.1 Å². The number of thiophene rings is 1. The van der Waals surface area contributed by atoms with Crippen LogP contribution in [0.1, 0.15) is 30.5 Å². The van der Waals surface area contributed by atoms with E-state index in [2.05, 4.69) is 58.4 Å². The molecule has 0 aliphatic carbocycles. The number of hydrogen-bond donors (Lipinski definition) is 1. The Balaban J connectivity index is 2.10. The van der Waals surface area contributed by atoms with Crippen LogP contribution in [0.25, 0.3) is 0 Å². The van der Waals surface area contributed by atoms with Crippen LogP contribution in [0.15, 0.2) is 35.7 Å². The SMILES string of the molecule is CCCNC(Cc1ccc(OC)cc1)c1csc(I)c1. The van der Waals surface area contributed by atoms with Gasteiger partial charge in [0.15, 0.2) is 0 Å². The Hall–Kier alpha value is -0.590. The van der Waals surface area contributed by atoms with E-state index in [4.69, 9.17) is 4.74 Å². The molecule has 1 heterocycles. The maximum Gasteiger partial charge on any atom is 0.118 e.